The summed E-state index contributed by atoms with van der Waals surface area (Å²) in [6, 6.07) is 11.7. The van der Waals surface area contributed by atoms with Gasteiger partial charge in [0.25, 0.3) is 11.7 Å². The second-order valence-corrected chi connectivity index (χ2v) is 8.79. The van der Waals surface area contributed by atoms with Gasteiger partial charge in [-0.1, -0.05) is 32.9 Å². The summed E-state index contributed by atoms with van der Waals surface area (Å²) in [4.78, 5) is 27.8. The van der Waals surface area contributed by atoms with Crippen molar-refractivity contribution in [3.63, 3.8) is 0 Å². The Morgan fingerprint density at radius 1 is 0.971 bits per heavy atom. The lowest BCUT2D eigenvalue weighted by atomic mass is 9.94. The molecular formula is C28H35NO6. The number of hydrogen-bond acceptors (Lipinski definition) is 6. The van der Waals surface area contributed by atoms with Gasteiger partial charge in [-0.3, -0.25) is 9.59 Å². The van der Waals surface area contributed by atoms with E-state index < -0.39 is 17.7 Å². The highest BCUT2D eigenvalue weighted by Gasteiger charge is 2.46. The average molecular weight is 482 g/mol. The molecule has 188 valence electrons. The number of aliphatic hydroxyl groups is 1. The van der Waals surface area contributed by atoms with Gasteiger partial charge in [0.15, 0.2) is 0 Å². The van der Waals surface area contributed by atoms with Gasteiger partial charge in [0.05, 0.1) is 37.0 Å². The Balaban J connectivity index is 2.15. The van der Waals surface area contributed by atoms with Crippen molar-refractivity contribution in [1.82, 2.24) is 4.90 Å². The molecule has 2 aromatic rings. The van der Waals surface area contributed by atoms with Crippen LogP contribution in [-0.4, -0.2) is 48.1 Å². The zero-order chi connectivity index (χ0) is 25.5. The fourth-order valence-corrected chi connectivity index (χ4v) is 4.11. The van der Waals surface area contributed by atoms with Crippen LogP contribution in [-0.2, 0) is 9.59 Å². The van der Waals surface area contributed by atoms with Crippen molar-refractivity contribution in [1.29, 1.82) is 0 Å². The molecule has 1 unspecified atom stereocenters. The van der Waals surface area contributed by atoms with E-state index in [-0.39, 0.29) is 11.3 Å². The molecule has 2 aromatic carbocycles. The smallest absolute Gasteiger partial charge is 0.295 e. The van der Waals surface area contributed by atoms with Gasteiger partial charge in [-0.25, -0.2) is 0 Å². The number of benzene rings is 2. The average Bonchev–Trinajstić information content (AvgIpc) is 3.08. The minimum atomic E-state index is -0.737. The van der Waals surface area contributed by atoms with E-state index in [2.05, 4.69) is 13.8 Å². The lowest BCUT2D eigenvalue weighted by molar-refractivity contribution is -0.139. The quantitative estimate of drug-likeness (QED) is 0.265. The number of ketones is 1. The topological polar surface area (TPSA) is 85.3 Å². The Morgan fingerprint density at radius 2 is 1.69 bits per heavy atom. The zero-order valence-corrected chi connectivity index (χ0v) is 21.2. The molecule has 1 N–H and O–H groups in total. The van der Waals surface area contributed by atoms with Crippen molar-refractivity contribution in [2.45, 2.75) is 47.1 Å². The van der Waals surface area contributed by atoms with Crippen LogP contribution in [0.4, 0.5) is 0 Å². The number of aliphatic hydroxyl groups excluding tert-OH is 1. The van der Waals surface area contributed by atoms with Gasteiger partial charge in [0.1, 0.15) is 23.0 Å². The number of nitrogens with zero attached hydrogens (tertiary/aromatic N) is 1. The highest BCUT2D eigenvalue weighted by molar-refractivity contribution is 6.46. The first-order valence-corrected chi connectivity index (χ1v) is 12.2. The third-order valence-corrected chi connectivity index (χ3v) is 5.58. The fraction of sp³-hybridized carbons (Fsp3) is 0.429. The second kappa shape index (κ2) is 11.8. The maximum Gasteiger partial charge on any atom is 0.295 e. The van der Waals surface area contributed by atoms with Crippen molar-refractivity contribution >= 4 is 17.4 Å². The fourth-order valence-electron chi connectivity index (χ4n) is 4.11. The Labute approximate surface area is 207 Å². The van der Waals surface area contributed by atoms with Gasteiger partial charge in [-0.05, 0) is 56.0 Å². The molecule has 1 heterocycles. The Morgan fingerprint density at radius 3 is 2.34 bits per heavy atom. The van der Waals surface area contributed by atoms with Gasteiger partial charge in [-0.2, -0.15) is 0 Å². The maximum atomic E-state index is 13.2. The Kier molecular flexibility index (Phi) is 8.79. The van der Waals surface area contributed by atoms with E-state index in [1.807, 2.05) is 45.0 Å². The summed E-state index contributed by atoms with van der Waals surface area (Å²) in [5.74, 6) is 0.347. The molecule has 0 aliphatic carbocycles. The molecule has 0 spiro atoms. The molecule has 1 aliphatic heterocycles. The monoisotopic (exact) mass is 481 g/mol. The maximum absolute atomic E-state index is 13.2. The summed E-state index contributed by atoms with van der Waals surface area (Å²) in [5.41, 5.74) is 1.07. The van der Waals surface area contributed by atoms with Crippen LogP contribution in [0.3, 0.4) is 0 Å². The number of carbonyl (C=O) groups excluding carboxylic acids is 2. The summed E-state index contributed by atoms with van der Waals surface area (Å²) in [7, 11) is 0. The van der Waals surface area contributed by atoms with E-state index in [1.54, 1.807) is 18.2 Å². The highest BCUT2D eigenvalue weighted by atomic mass is 16.5. The standard InChI is InChI=1S/C28H35NO6/c1-6-14-29-25(19-10-9-11-20(15-19)35-17-18(4)5)24(27(31)28(29)32)26(30)22-13-12-21(33-7-2)16-23(22)34-8-3/h9-13,15-16,18,25,30H,6-8,14,17H2,1-5H3/b26-24-. The molecule has 3 rings (SSSR count). The lowest BCUT2D eigenvalue weighted by Crippen LogP contribution is -2.30. The molecule has 1 saturated heterocycles. The van der Waals surface area contributed by atoms with E-state index in [9.17, 15) is 14.7 Å². The normalized spacial score (nSPS) is 17.2. The number of hydrogen-bond donors (Lipinski definition) is 1. The van der Waals surface area contributed by atoms with Crippen molar-refractivity contribution < 1.29 is 28.9 Å². The largest absolute Gasteiger partial charge is 0.507 e. The SMILES string of the molecule is CCCN1C(=O)C(=O)/C(=C(\O)c2ccc(OCC)cc2OCC)C1c1cccc(OCC(C)C)c1. The molecule has 7 nitrogen and oxygen atoms in total. The molecule has 1 aliphatic rings. The molecule has 35 heavy (non-hydrogen) atoms. The van der Waals surface area contributed by atoms with Gasteiger partial charge < -0.3 is 24.2 Å². The number of rotatable bonds is 11. The molecule has 1 atom stereocenters. The number of carbonyl (C=O) groups is 2. The summed E-state index contributed by atoms with van der Waals surface area (Å²) in [6.07, 6.45) is 0.667. The molecular weight excluding hydrogens is 446 g/mol. The van der Waals surface area contributed by atoms with Crippen LogP contribution in [0.15, 0.2) is 48.0 Å². The number of ether oxygens (including phenoxy) is 3. The van der Waals surface area contributed by atoms with E-state index in [0.29, 0.717) is 67.1 Å². The van der Waals surface area contributed by atoms with Gasteiger partial charge >= 0.3 is 0 Å². The van der Waals surface area contributed by atoms with Crippen LogP contribution in [0.2, 0.25) is 0 Å². The van der Waals surface area contributed by atoms with Crippen LogP contribution in [0.1, 0.15) is 58.2 Å². The molecule has 1 amide bonds. The molecule has 0 saturated carbocycles. The number of Topliss-reactive ketones (excluding diaryl/α,β-unsaturated/α-hetero) is 1. The van der Waals surface area contributed by atoms with Gasteiger partial charge in [0.2, 0.25) is 0 Å². The van der Waals surface area contributed by atoms with Crippen LogP contribution in [0.25, 0.3) is 5.76 Å². The summed E-state index contributed by atoms with van der Waals surface area (Å²) in [6.45, 7) is 11.5. The lowest BCUT2D eigenvalue weighted by Gasteiger charge is -2.25. The van der Waals surface area contributed by atoms with Crippen LogP contribution < -0.4 is 14.2 Å². The molecule has 7 heteroatoms. The van der Waals surface area contributed by atoms with E-state index in [4.69, 9.17) is 14.2 Å². The Hall–Kier alpha value is -3.48. The first kappa shape index (κ1) is 26.1. The summed E-state index contributed by atoms with van der Waals surface area (Å²) < 4.78 is 17.2. The van der Waals surface area contributed by atoms with Crippen LogP contribution in [0, 0.1) is 5.92 Å². The van der Waals surface area contributed by atoms with E-state index in [0.717, 1.165) is 0 Å². The van der Waals surface area contributed by atoms with E-state index in [1.165, 1.54) is 4.90 Å². The van der Waals surface area contributed by atoms with Gasteiger partial charge in [-0.15, -0.1) is 0 Å². The van der Waals surface area contributed by atoms with Crippen molar-refractivity contribution in [2.75, 3.05) is 26.4 Å². The molecule has 0 bridgehead atoms. The predicted octanol–water partition coefficient (Wildman–Crippen LogP) is 5.35. The molecule has 0 radical (unpaired) electrons. The van der Waals surface area contributed by atoms with E-state index >= 15 is 0 Å². The van der Waals surface area contributed by atoms with Crippen molar-refractivity contribution in [2.24, 2.45) is 5.92 Å². The number of amides is 1. The minimum absolute atomic E-state index is 0.0366. The predicted molar refractivity (Wildman–Crippen MR) is 135 cm³/mol. The minimum Gasteiger partial charge on any atom is -0.507 e. The van der Waals surface area contributed by atoms with Crippen LogP contribution >= 0.6 is 0 Å². The third kappa shape index (κ3) is 5.78. The summed E-state index contributed by atoms with van der Waals surface area (Å²) in [5, 5.41) is 11.4. The first-order chi connectivity index (χ1) is 16.8. The van der Waals surface area contributed by atoms with Crippen LogP contribution in [0.5, 0.6) is 17.2 Å². The van der Waals surface area contributed by atoms with Crippen molar-refractivity contribution in [3.05, 3.63) is 59.2 Å². The van der Waals surface area contributed by atoms with Gasteiger partial charge in [0, 0.05) is 12.6 Å². The zero-order valence-electron chi connectivity index (χ0n) is 21.2. The van der Waals surface area contributed by atoms with Crippen molar-refractivity contribution in [3.8, 4) is 17.2 Å². The third-order valence-electron chi connectivity index (χ3n) is 5.58. The molecule has 1 fully saturated rings. The second-order valence-electron chi connectivity index (χ2n) is 8.79. The first-order valence-electron chi connectivity index (χ1n) is 12.2. The number of likely N-dealkylation sites (tertiary alicyclic amines) is 1. The highest BCUT2D eigenvalue weighted by Crippen LogP contribution is 2.42. The molecule has 0 aromatic heterocycles. The summed E-state index contributed by atoms with van der Waals surface area (Å²) >= 11 is 0. The Bertz CT molecular complexity index is 1090.